The third kappa shape index (κ3) is 5.57. The Labute approximate surface area is 233 Å². The van der Waals surface area contributed by atoms with Crippen LogP contribution in [0, 0.1) is 6.92 Å². The minimum Gasteiger partial charge on any atom is -0.378 e. The van der Waals surface area contributed by atoms with Gasteiger partial charge in [-0.25, -0.2) is 9.97 Å². The van der Waals surface area contributed by atoms with E-state index in [0.29, 0.717) is 18.1 Å². The highest BCUT2D eigenvalue weighted by atomic mass is 32.2. The second-order valence-corrected chi connectivity index (χ2v) is 11.2. The van der Waals surface area contributed by atoms with Gasteiger partial charge in [-0.3, -0.25) is 9.69 Å². The summed E-state index contributed by atoms with van der Waals surface area (Å²) in [7, 11) is 0. The smallest absolute Gasteiger partial charge is 0.286 e. The molecule has 3 aliphatic rings. The highest BCUT2D eigenvalue weighted by Gasteiger charge is 2.27. The highest BCUT2D eigenvalue weighted by molar-refractivity contribution is 8.18. The lowest BCUT2D eigenvalue weighted by Crippen LogP contribution is -2.46. The number of nitrogens with zero attached hydrogens (tertiary/aromatic N) is 6. The van der Waals surface area contributed by atoms with E-state index in [1.54, 1.807) is 6.33 Å². The molecule has 202 valence electrons. The summed E-state index contributed by atoms with van der Waals surface area (Å²) in [4.78, 5) is 34.0. The Hall–Kier alpha value is -3.27. The van der Waals surface area contributed by atoms with Crippen molar-refractivity contribution >= 4 is 45.5 Å². The Morgan fingerprint density at radius 1 is 0.974 bits per heavy atom. The van der Waals surface area contributed by atoms with Crippen molar-refractivity contribution in [2.24, 2.45) is 4.99 Å². The molecule has 0 spiro atoms. The first kappa shape index (κ1) is 26.0. The van der Waals surface area contributed by atoms with Crippen molar-refractivity contribution in [3.05, 3.63) is 58.8 Å². The summed E-state index contributed by atoms with van der Waals surface area (Å²) < 4.78 is 5.43. The summed E-state index contributed by atoms with van der Waals surface area (Å²) in [6.07, 6.45) is 4.76. The van der Waals surface area contributed by atoms with Crippen LogP contribution in [0.2, 0.25) is 0 Å². The molecule has 0 atom stereocenters. The molecule has 6 rings (SSSR count). The lowest BCUT2D eigenvalue weighted by atomic mass is 10.0. The van der Waals surface area contributed by atoms with Crippen LogP contribution in [0.15, 0.2) is 52.6 Å². The molecule has 2 saturated heterocycles. The Bertz CT molecular complexity index is 1440. The summed E-state index contributed by atoms with van der Waals surface area (Å²) in [6.45, 7) is 12.8. The quantitative estimate of drug-likeness (QED) is 0.438. The Balaban J connectivity index is 1.24. The maximum absolute atomic E-state index is 12.7. The number of ether oxygens (including phenoxy) is 1. The Morgan fingerprint density at radius 2 is 1.79 bits per heavy atom. The van der Waals surface area contributed by atoms with Gasteiger partial charge in [0.15, 0.2) is 5.17 Å². The number of thioether (sulfide) groups is 1. The first-order chi connectivity index (χ1) is 19.1. The van der Waals surface area contributed by atoms with Gasteiger partial charge >= 0.3 is 0 Å². The standard InChI is InChI=1S/C30H34N6O2S/c1-3-8-34-9-11-35(12-10-34)26-7-5-23(17-21(26)2)28-24-18-22(4-6-25(24)31-20-32-28)19-27-29(37)33-30(39-27)36-13-15-38-16-14-36/h4-7,17-20H,3,8-16H2,1-2H3/b27-19-. The molecule has 2 aromatic carbocycles. The lowest BCUT2D eigenvalue weighted by Gasteiger charge is -2.36. The number of aromatic nitrogens is 2. The van der Waals surface area contributed by atoms with Crippen molar-refractivity contribution in [2.45, 2.75) is 20.3 Å². The maximum atomic E-state index is 12.7. The van der Waals surface area contributed by atoms with Gasteiger partial charge in [-0.05, 0) is 73.1 Å². The number of anilines is 1. The van der Waals surface area contributed by atoms with Gasteiger partial charge < -0.3 is 14.5 Å². The highest BCUT2D eigenvalue weighted by Crippen LogP contribution is 2.33. The number of aryl methyl sites for hydroxylation is 1. The zero-order valence-corrected chi connectivity index (χ0v) is 23.4. The molecule has 1 amide bonds. The summed E-state index contributed by atoms with van der Waals surface area (Å²) >= 11 is 1.44. The van der Waals surface area contributed by atoms with Crippen LogP contribution in [-0.4, -0.2) is 89.9 Å². The van der Waals surface area contributed by atoms with E-state index in [9.17, 15) is 4.79 Å². The SMILES string of the molecule is CCCN1CCN(c2ccc(-c3ncnc4ccc(/C=C5\SC(N6CCOCC6)=NC5=O)cc34)cc2C)CC1. The van der Waals surface area contributed by atoms with E-state index >= 15 is 0 Å². The van der Waals surface area contributed by atoms with Crippen molar-refractivity contribution in [3.63, 3.8) is 0 Å². The summed E-state index contributed by atoms with van der Waals surface area (Å²) in [5, 5.41) is 1.73. The van der Waals surface area contributed by atoms with Crippen molar-refractivity contribution in [3.8, 4) is 11.3 Å². The molecule has 0 unspecified atom stereocenters. The first-order valence-corrected chi connectivity index (χ1v) is 14.6. The summed E-state index contributed by atoms with van der Waals surface area (Å²) in [5.74, 6) is -0.187. The monoisotopic (exact) mass is 542 g/mol. The molecule has 3 aromatic rings. The predicted octanol–water partition coefficient (Wildman–Crippen LogP) is 4.44. The molecule has 9 heteroatoms. The number of carbonyl (C=O) groups excluding carboxylic acids is 1. The van der Waals surface area contributed by atoms with Crippen LogP contribution >= 0.6 is 11.8 Å². The molecule has 0 N–H and O–H groups in total. The number of amidine groups is 1. The molecule has 3 aliphatic heterocycles. The van der Waals surface area contributed by atoms with Crippen LogP contribution in [0.5, 0.6) is 0 Å². The van der Waals surface area contributed by atoms with Gasteiger partial charge in [0.05, 0.1) is 29.3 Å². The molecular formula is C30H34N6O2S. The van der Waals surface area contributed by atoms with Gasteiger partial charge in [-0.15, -0.1) is 0 Å². The number of carbonyl (C=O) groups is 1. The summed E-state index contributed by atoms with van der Waals surface area (Å²) in [6, 6.07) is 12.7. The second kappa shape index (κ2) is 11.5. The first-order valence-electron chi connectivity index (χ1n) is 13.8. The van der Waals surface area contributed by atoms with Crippen LogP contribution in [0.4, 0.5) is 5.69 Å². The number of morpholine rings is 1. The van der Waals surface area contributed by atoms with E-state index in [1.165, 1.54) is 36.0 Å². The second-order valence-electron chi connectivity index (χ2n) is 10.2. The number of benzene rings is 2. The number of hydrogen-bond donors (Lipinski definition) is 0. The van der Waals surface area contributed by atoms with E-state index in [1.807, 2.05) is 18.2 Å². The van der Waals surface area contributed by atoms with Crippen LogP contribution in [0.1, 0.15) is 24.5 Å². The van der Waals surface area contributed by atoms with Gasteiger partial charge in [-0.1, -0.05) is 19.1 Å². The van der Waals surface area contributed by atoms with E-state index in [0.717, 1.165) is 72.2 Å². The molecule has 0 saturated carbocycles. The molecule has 0 aliphatic carbocycles. The Morgan fingerprint density at radius 3 is 2.56 bits per heavy atom. The molecule has 8 nitrogen and oxygen atoms in total. The maximum Gasteiger partial charge on any atom is 0.286 e. The largest absolute Gasteiger partial charge is 0.378 e. The topological polar surface area (TPSA) is 74.2 Å². The third-order valence-corrected chi connectivity index (χ3v) is 8.62. The van der Waals surface area contributed by atoms with Gasteiger partial charge in [0.1, 0.15) is 6.33 Å². The van der Waals surface area contributed by atoms with Crippen molar-refractivity contribution in [1.29, 1.82) is 0 Å². The molecule has 0 radical (unpaired) electrons. The number of hydrogen-bond acceptors (Lipinski definition) is 8. The van der Waals surface area contributed by atoms with Crippen LogP contribution in [0.25, 0.3) is 28.2 Å². The zero-order chi connectivity index (χ0) is 26.8. The fourth-order valence-electron chi connectivity index (χ4n) is 5.52. The van der Waals surface area contributed by atoms with Crippen LogP contribution in [-0.2, 0) is 9.53 Å². The van der Waals surface area contributed by atoms with Gasteiger partial charge in [-0.2, -0.15) is 4.99 Å². The lowest BCUT2D eigenvalue weighted by molar-refractivity contribution is -0.113. The zero-order valence-electron chi connectivity index (χ0n) is 22.6. The normalized spacial score (nSPS) is 19.8. The molecule has 4 heterocycles. The number of amides is 1. The average molecular weight is 543 g/mol. The van der Waals surface area contributed by atoms with E-state index in [2.05, 4.69) is 67.8 Å². The third-order valence-electron chi connectivity index (χ3n) is 7.57. The van der Waals surface area contributed by atoms with E-state index < -0.39 is 0 Å². The molecule has 1 aromatic heterocycles. The fourth-order valence-corrected chi connectivity index (χ4v) is 6.48. The Kier molecular flexibility index (Phi) is 7.63. The summed E-state index contributed by atoms with van der Waals surface area (Å²) in [5.41, 5.74) is 6.34. The average Bonchev–Trinajstić information content (AvgIpc) is 3.33. The van der Waals surface area contributed by atoms with Crippen LogP contribution < -0.4 is 4.90 Å². The molecular weight excluding hydrogens is 508 g/mol. The minimum atomic E-state index is -0.187. The molecule has 2 fully saturated rings. The van der Waals surface area contributed by atoms with Crippen molar-refractivity contribution in [2.75, 3.05) is 63.9 Å². The number of aliphatic imine (C=N–C) groups is 1. The van der Waals surface area contributed by atoms with Gasteiger partial charge in [0.25, 0.3) is 5.91 Å². The fraction of sp³-hybridized carbons (Fsp3) is 0.400. The number of fused-ring (bicyclic) bond motifs is 1. The van der Waals surface area contributed by atoms with Crippen LogP contribution in [0.3, 0.4) is 0 Å². The van der Waals surface area contributed by atoms with E-state index in [4.69, 9.17) is 4.74 Å². The van der Waals surface area contributed by atoms with E-state index in [-0.39, 0.29) is 5.91 Å². The number of rotatable bonds is 5. The minimum absolute atomic E-state index is 0.187. The van der Waals surface area contributed by atoms with Crippen molar-refractivity contribution in [1.82, 2.24) is 19.8 Å². The van der Waals surface area contributed by atoms with Gasteiger partial charge in [0.2, 0.25) is 0 Å². The van der Waals surface area contributed by atoms with Crippen molar-refractivity contribution < 1.29 is 9.53 Å². The van der Waals surface area contributed by atoms with Gasteiger partial charge in [0, 0.05) is 55.9 Å². The molecule has 39 heavy (non-hydrogen) atoms. The number of piperazine rings is 1. The predicted molar refractivity (Wildman–Crippen MR) is 159 cm³/mol. The molecule has 0 bridgehead atoms.